The van der Waals surface area contributed by atoms with E-state index >= 15 is 0 Å². The van der Waals surface area contributed by atoms with Crippen LogP contribution in [0.4, 0.5) is 0 Å². The molecule has 2 nitrogen and oxygen atoms in total. The molecule has 0 aliphatic rings. The van der Waals surface area contributed by atoms with Crippen molar-refractivity contribution >= 4 is 11.6 Å². The molecule has 80 valence electrons. The molecular weight excluding hydrogens is 176 g/mol. The summed E-state index contributed by atoms with van der Waals surface area (Å²) in [5.41, 5.74) is 0. The fraction of sp³-hybridized carbons (Fsp3) is 0.667. The zero-order valence-corrected chi connectivity index (χ0v) is 9.54. The molecule has 0 N–H and O–H groups in total. The largest absolute Gasteiger partial charge is 0.300 e. The smallest absolute Gasteiger partial charge is 0.152 e. The molecule has 1 unspecified atom stereocenters. The summed E-state index contributed by atoms with van der Waals surface area (Å²) in [5, 5.41) is 0. The molecule has 0 radical (unpaired) electrons. The molecule has 2 heteroatoms. The van der Waals surface area contributed by atoms with Crippen molar-refractivity contribution in [2.75, 3.05) is 0 Å². The number of rotatable bonds is 6. The van der Waals surface area contributed by atoms with Crippen LogP contribution in [-0.4, -0.2) is 11.6 Å². The number of ketones is 2. The van der Waals surface area contributed by atoms with E-state index in [-0.39, 0.29) is 11.6 Å². The average Bonchev–Trinajstić information content (AvgIpc) is 2.02. The van der Waals surface area contributed by atoms with Gasteiger partial charge < -0.3 is 4.79 Å². The molecule has 0 aromatic rings. The lowest BCUT2D eigenvalue weighted by Gasteiger charge is -2.15. The third-order valence-electron chi connectivity index (χ3n) is 2.26. The van der Waals surface area contributed by atoms with Crippen molar-refractivity contribution in [1.82, 2.24) is 0 Å². The number of hydrogen-bond acceptors (Lipinski definition) is 2. The normalized spacial score (nSPS) is 13.5. The van der Waals surface area contributed by atoms with Crippen LogP contribution < -0.4 is 0 Å². The molecule has 14 heavy (non-hydrogen) atoms. The second-order valence-corrected chi connectivity index (χ2v) is 4.12. The van der Waals surface area contributed by atoms with E-state index in [1.165, 1.54) is 0 Å². The minimum atomic E-state index is 0.0680. The minimum Gasteiger partial charge on any atom is -0.300 e. The van der Waals surface area contributed by atoms with Crippen LogP contribution in [0.1, 0.15) is 40.5 Å². The van der Waals surface area contributed by atoms with Gasteiger partial charge in [-0.3, -0.25) is 4.79 Å². The summed E-state index contributed by atoms with van der Waals surface area (Å²) < 4.78 is 0. The van der Waals surface area contributed by atoms with Gasteiger partial charge in [-0.25, -0.2) is 0 Å². The summed E-state index contributed by atoms with van der Waals surface area (Å²) in [6.45, 7) is 7.36. The van der Waals surface area contributed by atoms with Gasteiger partial charge in [-0.05, 0) is 38.2 Å². The first-order valence-corrected chi connectivity index (χ1v) is 5.11. The Morgan fingerprint density at radius 2 is 1.79 bits per heavy atom. The summed E-state index contributed by atoms with van der Waals surface area (Å²) in [5.74, 6) is 1.10. The molecule has 0 aliphatic heterocycles. The number of carbonyl (C=O) groups is 2. The highest BCUT2D eigenvalue weighted by molar-refractivity contribution is 5.87. The van der Waals surface area contributed by atoms with Gasteiger partial charge in [0.15, 0.2) is 5.78 Å². The highest BCUT2D eigenvalue weighted by Gasteiger charge is 2.10. The first kappa shape index (κ1) is 13.1. The Morgan fingerprint density at radius 3 is 2.14 bits per heavy atom. The number of allylic oxidation sites excluding steroid dienone is 2. The first-order chi connectivity index (χ1) is 6.43. The van der Waals surface area contributed by atoms with Crippen molar-refractivity contribution in [3.8, 4) is 0 Å². The zero-order chi connectivity index (χ0) is 11.1. The van der Waals surface area contributed by atoms with Crippen molar-refractivity contribution in [2.24, 2.45) is 11.8 Å². The van der Waals surface area contributed by atoms with Gasteiger partial charge in [0.25, 0.3) is 0 Å². The summed E-state index contributed by atoms with van der Waals surface area (Å²) in [4.78, 5) is 21.6. The van der Waals surface area contributed by atoms with Crippen LogP contribution in [0.3, 0.4) is 0 Å². The molecule has 0 bridgehead atoms. The monoisotopic (exact) mass is 196 g/mol. The van der Waals surface area contributed by atoms with Gasteiger partial charge in [0.05, 0.1) is 0 Å². The molecule has 1 atom stereocenters. The third-order valence-corrected chi connectivity index (χ3v) is 2.26. The minimum absolute atomic E-state index is 0.0680. The number of carbonyl (C=O) groups excluding carboxylic acids is 2. The van der Waals surface area contributed by atoms with Crippen LogP contribution in [0, 0.1) is 11.8 Å². The van der Waals surface area contributed by atoms with Gasteiger partial charge in [0.1, 0.15) is 5.78 Å². The summed E-state index contributed by atoms with van der Waals surface area (Å²) in [6.07, 6.45) is 4.97. The molecule has 0 rings (SSSR count). The molecule has 0 fully saturated rings. The molecule has 0 saturated carbocycles. The summed E-state index contributed by atoms with van der Waals surface area (Å²) in [7, 11) is 0. The van der Waals surface area contributed by atoms with Gasteiger partial charge in [-0.15, -0.1) is 0 Å². The van der Waals surface area contributed by atoms with E-state index in [0.717, 1.165) is 6.42 Å². The molecule has 0 spiro atoms. The zero-order valence-electron chi connectivity index (χ0n) is 9.54. The standard InChI is InChI=1S/C12H20O2/c1-9(2)12(7-5-10(3)13)8-6-11(4)14/h5,7,9,12H,6,8H2,1-4H3/b7-5+. The van der Waals surface area contributed by atoms with Crippen LogP contribution >= 0.6 is 0 Å². The number of Topliss-reactive ketones (excluding diaryl/α,β-unsaturated/α-hetero) is 1. The van der Waals surface area contributed by atoms with Gasteiger partial charge in [-0.1, -0.05) is 19.9 Å². The van der Waals surface area contributed by atoms with Crippen molar-refractivity contribution in [3.05, 3.63) is 12.2 Å². The van der Waals surface area contributed by atoms with Crippen LogP contribution in [0.15, 0.2) is 12.2 Å². The fourth-order valence-electron chi connectivity index (χ4n) is 1.28. The lowest BCUT2D eigenvalue weighted by Crippen LogP contribution is -2.08. The van der Waals surface area contributed by atoms with Gasteiger partial charge >= 0.3 is 0 Å². The van der Waals surface area contributed by atoms with E-state index in [2.05, 4.69) is 13.8 Å². The van der Waals surface area contributed by atoms with Crippen LogP contribution in [0.5, 0.6) is 0 Å². The third kappa shape index (κ3) is 6.58. The maximum absolute atomic E-state index is 10.8. The maximum atomic E-state index is 10.8. The summed E-state index contributed by atoms with van der Waals surface area (Å²) >= 11 is 0. The van der Waals surface area contributed by atoms with Crippen LogP contribution in [-0.2, 0) is 9.59 Å². The Labute approximate surface area is 86.4 Å². The number of hydrogen-bond donors (Lipinski definition) is 0. The molecular formula is C12H20O2. The Morgan fingerprint density at radius 1 is 1.21 bits per heavy atom. The van der Waals surface area contributed by atoms with E-state index in [0.29, 0.717) is 18.3 Å². The second kappa shape index (κ2) is 6.52. The molecule has 0 saturated heterocycles. The van der Waals surface area contributed by atoms with E-state index in [1.807, 2.05) is 6.08 Å². The quantitative estimate of drug-likeness (QED) is 0.612. The fourth-order valence-corrected chi connectivity index (χ4v) is 1.28. The van der Waals surface area contributed by atoms with Gasteiger partial charge in [0.2, 0.25) is 0 Å². The lowest BCUT2D eigenvalue weighted by molar-refractivity contribution is -0.117. The molecule has 0 aliphatic carbocycles. The summed E-state index contributed by atoms with van der Waals surface area (Å²) in [6, 6.07) is 0. The van der Waals surface area contributed by atoms with Gasteiger partial charge in [0, 0.05) is 6.42 Å². The maximum Gasteiger partial charge on any atom is 0.152 e. The van der Waals surface area contributed by atoms with E-state index < -0.39 is 0 Å². The Hall–Kier alpha value is -0.920. The van der Waals surface area contributed by atoms with Gasteiger partial charge in [-0.2, -0.15) is 0 Å². The Bertz CT molecular complexity index is 226. The van der Waals surface area contributed by atoms with Crippen molar-refractivity contribution in [3.63, 3.8) is 0 Å². The predicted octanol–water partition coefficient (Wildman–Crippen LogP) is 2.77. The molecule has 0 amide bonds. The van der Waals surface area contributed by atoms with E-state index in [9.17, 15) is 9.59 Å². The van der Waals surface area contributed by atoms with Crippen LogP contribution in [0.25, 0.3) is 0 Å². The SMILES string of the molecule is CC(=O)/C=C/C(CCC(C)=O)C(C)C. The molecule has 0 heterocycles. The van der Waals surface area contributed by atoms with Crippen molar-refractivity contribution in [2.45, 2.75) is 40.5 Å². The lowest BCUT2D eigenvalue weighted by atomic mass is 9.90. The second-order valence-electron chi connectivity index (χ2n) is 4.12. The molecule has 0 aromatic carbocycles. The first-order valence-electron chi connectivity index (χ1n) is 5.11. The van der Waals surface area contributed by atoms with Crippen molar-refractivity contribution in [1.29, 1.82) is 0 Å². The Kier molecular flexibility index (Phi) is 6.09. The topological polar surface area (TPSA) is 34.1 Å². The predicted molar refractivity (Wildman–Crippen MR) is 58.1 cm³/mol. The highest BCUT2D eigenvalue weighted by atomic mass is 16.1. The van der Waals surface area contributed by atoms with E-state index in [1.54, 1.807) is 19.9 Å². The average molecular weight is 196 g/mol. The van der Waals surface area contributed by atoms with Crippen molar-refractivity contribution < 1.29 is 9.59 Å². The Balaban J connectivity index is 4.16. The van der Waals surface area contributed by atoms with E-state index in [4.69, 9.17) is 0 Å². The molecule has 0 aromatic heterocycles. The highest BCUT2D eigenvalue weighted by Crippen LogP contribution is 2.18. The van der Waals surface area contributed by atoms with Crippen LogP contribution in [0.2, 0.25) is 0 Å².